The minimum absolute atomic E-state index is 0.121. The van der Waals surface area contributed by atoms with E-state index in [1.165, 1.54) is 0 Å². The van der Waals surface area contributed by atoms with Gasteiger partial charge >= 0.3 is 23.9 Å². The van der Waals surface area contributed by atoms with Gasteiger partial charge in [0.1, 0.15) is 26.4 Å². The average molecular weight is 312 g/mol. The Balaban J connectivity index is 3.75. The van der Waals surface area contributed by atoms with Crippen LogP contribution >= 0.6 is 0 Å². The molecule has 0 radical (unpaired) electrons. The second kappa shape index (κ2) is 11.9. The quantitative estimate of drug-likeness (QED) is 0.242. The molecule has 0 unspecified atom stereocenters. The summed E-state index contributed by atoms with van der Waals surface area (Å²) in [6.45, 7) is 5.82. The first-order chi connectivity index (χ1) is 10.5. The summed E-state index contributed by atoms with van der Waals surface area (Å²) in [6, 6.07) is 0. The van der Waals surface area contributed by atoms with Crippen molar-refractivity contribution >= 4 is 23.9 Å². The van der Waals surface area contributed by atoms with Crippen molar-refractivity contribution < 1.29 is 38.1 Å². The summed E-state index contributed by atoms with van der Waals surface area (Å²) in [5.74, 6) is -2.87. The van der Waals surface area contributed by atoms with Crippen molar-refractivity contribution in [1.29, 1.82) is 0 Å². The molecule has 0 fully saturated rings. The summed E-state index contributed by atoms with van der Waals surface area (Å²) in [7, 11) is 0. The van der Waals surface area contributed by atoms with Gasteiger partial charge in [0.2, 0.25) is 0 Å². The molecule has 0 aliphatic rings. The summed E-state index contributed by atoms with van der Waals surface area (Å²) in [6.07, 6.45) is 3.66. The van der Waals surface area contributed by atoms with Crippen LogP contribution in [0.1, 0.15) is 0 Å². The highest BCUT2D eigenvalue weighted by molar-refractivity contribution is 5.91. The van der Waals surface area contributed by atoms with Crippen LogP contribution in [0.15, 0.2) is 37.5 Å². The lowest BCUT2D eigenvalue weighted by molar-refractivity contribution is -0.147. The van der Waals surface area contributed by atoms with Gasteiger partial charge in [0.15, 0.2) is 0 Å². The molecule has 0 saturated carbocycles. The minimum atomic E-state index is -0.801. The summed E-state index contributed by atoms with van der Waals surface area (Å²) in [5, 5.41) is 0. The van der Waals surface area contributed by atoms with Crippen LogP contribution in [0.2, 0.25) is 0 Å². The van der Waals surface area contributed by atoms with Crippen molar-refractivity contribution in [1.82, 2.24) is 0 Å². The highest BCUT2D eigenvalue weighted by atomic mass is 16.6. The van der Waals surface area contributed by atoms with Crippen molar-refractivity contribution in [3.05, 3.63) is 37.5 Å². The van der Waals surface area contributed by atoms with Gasteiger partial charge in [0.05, 0.1) is 0 Å². The second-order valence-electron chi connectivity index (χ2n) is 3.41. The minimum Gasteiger partial charge on any atom is -0.459 e. The summed E-state index contributed by atoms with van der Waals surface area (Å²) in [4.78, 5) is 43.7. The maximum Gasteiger partial charge on any atom is 0.331 e. The molecule has 0 rings (SSSR count). The van der Waals surface area contributed by atoms with Gasteiger partial charge in [-0.05, 0) is 0 Å². The first-order valence-corrected chi connectivity index (χ1v) is 6.09. The number of carbonyl (C=O) groups is 4. The van der Waals surface area contributed by atoms with Crippen LogP contribution in [-0.2, 0) is 38.1 Å². The molecule has 0 N–H and O–H groups in total. The highest BCUT2D eigenvalue weighted by Gasteiger charge is 2.03. The first kappa shape index (κ1) is 19.1. The summed E-state index contributed by atoms with van der Waals surface area (Å²) >= 11 is 0. The van der Waals surface area contributed by atoms with Crippen LogP contribution in [0.4, 0.5) is 0 Å². The van der Waals surface area contributed by atoms with Crippen molar-refractivity contribution in [2.45, 2.75) is 0 Å². The molecule has 120 valence electrons. The molecule has 0 heterocycles. The molecular formula is C14H16O8. The van der Waals surface area contributed by atoms with Crippen LogP contribution in [0.25, 0.3) is 0 Å². The molecular weight excluding hydrogens is 296 g/mol. The van der Waals surface area contributed by atoms with Gasteiger partial charge < -0.3 is 18.9 Å². The molecule has 0 aromatic rings. The molecule has 0 spiro atoms. The lowest BCUT2D eigenvalue weighted by Gasteiger charge is -2.03. The van der Waals surface area contributed by atoms with E-state index in [2.05, 4.69) is 32.1 Å². The number of esters is 4. The predicted molar refractivity (Wildman–Crippen MR) is 73.4 cm³/mol. The van der Waals surface area contributed by atoms with E-state index < -0.39 is 23.9 Å². The molecule has 0 aromatic carbocycles. The number of carbonyl (C=O) groups excluding carboxylic acids is 4. The van der Waals surface area contributed by atoms with E-state index in [9.17, 15) is 19.2 Å². The zero-order valence-electron chi connectivity index (χ0n) is 11.8. The van der Waals surface area contributed by atoms with Crippen molar-refractivity contribution in [2.24, 2.45) is 0 Å². The summed E-state index contributed by atoms with van der Waals surface area (Å²) < 4.78 is 18.4. The van der Waals surface area contributed by atoms with E-state index >= 15 is 0 Å². The summed E-state index contributed by atoms with van der Waals surface area (Å²) in [5.41, 5.74) is 0. The van der Waals surface area contributed by atoms with E-state index in [0.29, 0.717) is 0 Å². The SMILES string of the molecule is C=CC(=O)OCCOC(=O)C=CC(=O)OCCOC(=O)C=C. The third kappa shape index (κ3) is 11.0. The number of hydrogen-bond donors (Lipinski definition) is 0. The lowest BCUT2D eigenvalue weighted by atomic mass is 10.5. The third-order valence-electron chi connectivity index (χ3n) is 1.83. The maximum atomic E-state index is 11.2. The standard InChI is InChI=1S/C14H16O8/c1-3-11(15)19-7-9-21-13(17)5-6-14(18)22-10-8-20-12(16)4-2/h3-6H,1-2,7-10H2. The van der Waals surface area contributed by atoms with Gasteiger partial charge in [0, 0.05) is 24.3 Å². The van der Waals surface area contributed by atoms with E-state index in [-0.39, 0.29) is 26.4 Å². The third-order valence-corrected chi connectivity index (χ3v) is 1.83. The molecule has 22 heavy (non-hydrogen) atoms. The van der Waals surface area contributed by atoms with E-state index in [4.69, 9.17) is 0 Å². The van der Waals surface area contributed by atoms with Crippen LogP contribution in [-0.4, -0.2) is 50.3 Å². The van der Waals surface area contributed by atoms with Gasteiger partial charge in [0.25, 0.3) is 0 Å². The Morgan fingerprint density at radius 3 is 1.14 bits per heavy atom. The van der Waals surface area contributed by atoms with Crippen LogP contribution in [0.5, 0.6) is 0 Å². The van der Waals surface area contributed by atoms with Gasteiger partial charge in [-0.2, -0.15) is 0 Å². The topological polar surface area (TPSA) is 105 Å². The van der Waals surface area contributed by atoms with Crippen LogP contribution in [0.3, 0.4) is 0 Å². The van der Waals surface area contributed by atoms with Crippen LogP contribution in [0, 0.1) is 0 Å². The zero-order chi connectivity index (χ0) is 16.8. The molecule has 0 amide bonds. The molecule has 0 bridgehead atoms. The Hall–Kier alpha value is -2.90. The molecule has 0 aliphatic heterocycles. The normalized spacial score (nSPS) is 9.64. The molecule has 8 heteroatoms. The maximum absolute atomic E-state index is 11.2. The Morgan fingerprint density at radius 1 is 0.591 bits per heavy atom. The van der Waals surface area contributed by atoms with Gasteiger partial charge in [-0.15, -0.1) is 0 Å². The van der Waals surface area contributed by atoms with Crippen molar-refractivity contribution in [3.8, 4) is 0 Å². The Morgan fingerprint density at radius 2 is 0.864 bits per heavy atom. The average Bonchev–Trinajstić information content (AvgIpc) is 2.52. The van der Waals surface area contributed by atoms with Gasteiger partial charge in [-0.3, -0.25) is 0 Å². The zero-order valence-corrected chi connectivity index (χ0v) is 11.8. The molecule has 0 aromatic heterocycles. The fraction of sp³-hybridized carbons (Fsp3) is 0.286. The van der Waals surface area contributed by atoms with Gasteiger partial charge in [-0.1, -0.05) is 13.2 Å². The molecule has 8 nitrogen and oxygen atoms in total. The Bertz CT molecular complexity index is 421. The predicted octanol–water partition coefficient (Wildman–Crippen LogP) is 0.0874. The van der Waals surface area contributed by atoms with E-state index in [0.717, 1.165) is 24.3 Å². The van der Waals surface area contributed by atoms with E-state index in [1.807, 2.05) is 0 Å². The van der Waals surface area contributed by atoms with E-state index in [1.54, 1.807) is 0 Å². The second-order valence-corrected chi connectivity index (χ2v) is 3.41. The number of rotatable bonds is 10. The fourth-order valence-corrected chi connectivity index (χ4v) is 0.919. The van der Waals surface area contributed by atoms with Crippen molar-refractivity contribution in [3.63, 3.8) is 0 Å². The molecule has 0 aliphatic carbocycles. The van der Waals surface area contributed by atoms with Crippen LogP contribution < -0.4 is 0 Å². The number of hydrogen-bond acceptors (Lipinski definition) is 8. The number of ether oxygens (including phenoxy) is 4. The highest BCUT2D eigenvalue weighted by Crippen LogP contribution is 1.88. The molecule has 0 saturated heterocycles. The monoisotopic (exact) mass is 312 g/mol. The largest absolute Gasteiger partial charge is 0.459 e. The Labute approximate surface area is 127 Å². The van der Waals surface area contributed by atoms with Crippen molar-refractivity contribution in [2.75, 3.05) is 26.4 Å². The lowest BCUT2D eigenvalue weighted by Crippen LogP contribution is -2.13. The van der Waals surface area contributed by atoms with Gasteiger partial charge in [-0.25, -0.2) is 19.2 Å². The molecule has 0 atom stereocenters. The Kier molecular flexibility index (Phi) is 10.3. The first-order valence-electron chi connectivity index (χ1n) is 6.09. The fourth-order valence-electron chi connectivity index (χ4n) is 0.919. The smallest absolute Gasteiger partial charge is 0.331 e.